The largest absolute Gasteiger partial charge is 0.493 e. The third-order valence-electron chi connectivity index (χ3n) is 4.93. The third-order valence-corrected chi connectivity index (χ3v) is 6.17. The van der Waals surface area contributed by atoms with E-state index in [9.17, 15) is 8.42 Å². The Balaban J connectivity index is 1.78. The van der Waals surface area contributed by atoms with Crippen LogP contribution in [0.2, 0.25) is 0 Å². The van der Waals surface area contributed by atoms with Crippen LogP contribution in [-0.4, -0.2) is 47.8 Å². The summed E-state index contributed by atoms with van der Waals surface area (Å²) in [7, 11) is -2.40. The summed E-state index contributed by atoms with van der Waals surface area (Å²) in [4.78, 5) is 17.1. The van der Waals surface area contributed by atoms with Crippen molar-refractivity contribution in [2.24, 2.45) is 0 Å². The minimum atomic E-state index is -3.89. The van der Waals surface area contributed by atoms with Gasteiger partial charge in [-0.3, -0.25) is 4.72 Å². The summed E-state index contributed by atoms with van der Waals surface area (Å²) >= 11 is 0. The van der Waals surface area contributed by atoms with Crippen LogP contribution < -0.4 is 18.9 Å². The quantitative estimate of drug-likeness (QED) is 0.296. The molecular formula is C26H23N5O5S. The van der Waals surface area contributed by atoms with Crippen molar-refractivity contribution in [2.45, 2.75) is 6.42 Å². The average Bonchev–Trinajstić information content (AvgIpc) is 2.93. The van der Waals surface area contributed by atoms with Gasteiger partial charge in [-0.05, 0) is 30.2 Å². The molecule has 0 unspecified atom stereocenters. The van der Waals surface area contributed by atoms with Crippen LogP contribution in [-0.2, 0) is 16.4 Å². The van der Waals surface area contributed by atoms with Crippen LogP contribution in [0.25, 0.3) is 11.6 Å². The molecule has 11 heteroatoms. The number of anilines is 1. The van der Waals surface area contributed by atoms with Crippen LogP contribution in [0, 0.1) is 12.3 Å². The monoisotopic (exact) mass is 517 g/mol. The maximum Gasteiger partial charge on any atom is 0.264 e. The molecule has 10 nitrogen and oxygen atoms in total. The number of nitrogens with zero attached hydrogens (tertiary/aromatic N) is 4. The number of rotatable bonds is 11. The van der Waals surface area contributed by atoms with E-state index in [1.807, 2.05) is 30.3 Å². The predicted molar refractivity (Wildman–Crippen MR) is 138 cm³/mol. The number of ether oxygens (including phenoxy) is 3. The maximum absolute atomic E-state index is 13.1. The molecule has 2 heterocycles. The van der Waals surface area contributed by atoms with E-state index in [1.165, 1.54) is 19.5 Å². The van der Waals surface area contributed by atoms with E-state index in [0.717, 1.165) is 5.56 Å². The lowest BCUT2D eigenvalue weighted by Crippen LogP contribution is -2.20. The van der Waals surface area contributed by atoms with Gasteiger partial charge in [0.25, 0.3) is 5.88 Å². The fourth-order valence-electron chi connectivity index (χ4n) is 3.22. The van der Waals surface area contributed by atoms with Gasteiger partial charge in [-0.15, -0.1) is 6.42 Å². The standard InChI is InChI=1S/C26H23N5O5S/c1-3-17-35-26-22(36-21-13-8-7-12-20(21)34-2)23(29-25(30-26)24-27-15-9-16-28-24)31-37(32,33)18-14-19-10-5-4-6-11-19/h1,4-13,15-16H,14,17-18H2,2H3,(H,29,30,31). The van der Waals surface area contributed by atoms with E-state index >= 15 is 0 Å². The van der Waals surface area contributed by atoms with Crippen molar-refractivity contribution in [3.8, 4) is 47.1 Å². The molecule has 0 spiro atoms. The molecular weight excluding hydrogens is 494 g/mol. The molecule has 0 aliphatic carbocycles. The van der Waals surface area contributed by atoms with Crippen molar-refractivity contribution in [1.29, 1.82) is 0 Å². The molecule has 2 aromatic carbocycles. The smallest absolute Gasteiger partial charge is 0.264 e. The SMILES string of the molecule is C#CCOc1nc(-c2ncccn2)nc(NS(=O)(=O)CCc2ccccc2)c1Oc1ccccc1OC. The first-order valence-electron chi connectivity index (χ1n) is 11.1. The lowest BCUT2D eigenvalue weighted by Gasteiger charge is -2.17. The second-order valence-corrected chi connectivity index (χ2v) is 9.35. The molecule has 1 N–H and O–H groups in total. The van der Waals surface area contributed by atoms with Crippen LogP contribution in [0.15, 0.2) is 73.1 Å². The predicted octanol–water partition coefficient (Wildman–Crippen LogP) is 3.73. The zero-order valence-corrected chi connectivity index (χ0v) is 20.7. The summed E-state index contributed by atoms with van der Waals surface area (Å²) in [6.45, 7) is -0.158. The summed E-state index contributed by atoms with van der Waals surface area (Å²) < 4.78 is 45.8. The number of hydrogen-bond acceptors (Lipinski definition) is 9. The second kappa shape index (κ2) is 11.8. The van der Waals surface area contributed by atoms with E-state index in [1.54, 1.807) is 30.3 Å². The molecule has 37 heavy (non-hydrogen) atoms. The van der Waals surface area contributed by atoms with Gasteiger partial charge in [-0.1, -0.05) is 48.4 Å². The summed E-state index contributed by atoms with van der Waals surface area (Å²) in [6.07, 6.45) is 8.70. The Kier molecular flexibility index (Phi) is 8.12. The summed E-state index contributed by atoms with van der Waals surface area (Å²) in [5.41, 5.74) is 0.873. The Labute approximate surface area is 214 Å². The Bertz CT molecular complexity index is 1490. The highest BCUT2D eigenvalue weighted by Crippen LogP contribution is 2.41. The average molecular weight is 518 g/mol. The molecule has 0 amide bonds. The second-order valence-electron chi connectivity index (χ2n) is 7.50. The van der Waals surface area contributed by atoms with Gasteiger partial charge in [-0.2, -0.15) is 4.98 Å². The van der Waals surface area contributed by atoms with Crippen molar-refractivity contribution in [3.63, 3.8) is 0 Å². The molecule has 0 saturated heterocycles. The van der Waals surface area contributed by atoms with Gasteiger partial charge in [-0.25, -0.2) is 23.4 Å². The number of nitrogens with one attached hydrogen (secondary N) is 1. The van der Waals surface area contributed by atoms with Crippen molar-refractivity contribution >= 4 is 15.8 Å². The topological polar surface area (TPSA) is 125 Å². The van der Waals surface area contributed by atoms with Crippen LogP contribution in [0.3, 0.4) is 0 Å². The molecule has 0 aliphatic rings. The molecule has 0 atom stereocenters. The van der Waals surface area contributed by atoms with Crippen molar-refractivity contribution < 1.29 is 22.6 Å². The highest BCUT2D eigenvalue weighted by molar-refractivity contribution is 7.92. The normalized spacial score (nSPS) is 10.8. The minimum Gasteiger partial charge on any atom is -0.493 e. The van der Waals surface area contributed by atoms with E-state index < -0.39 is 10.0 Å². The van der Waals surface area contributed by atoms with Gasteiger partial charge in [0.15, 0.2) is 29.7 Å². The number of terminal acetylenes is 1. The zero-order valence-electron chi connectivity index (χ0n) is 19.9. The van der Waals surface area contributed by atoms with Gasteiger partial charge >= 0.3 is 0 Å². The van der Waals surface area contributed by atoms with Gasteiger partial charge in [0.2, 0.25) is 21.6 Å². The molecule has 0 radical (unpaired) electrons. The van der Waals surface area contributed by atoms with E-state index in [4.69, 9.17) is 20.6 Å². The first-order valence-corrected chi connectivity index (χ1v) is 12.8. The third kappa shape index (κ3) is 6.71. The minimum absolute atomic E-state index is 0.0146. The van der Waals surface area contributed by atoms with Gasteiger partial charge in [0, 0.05) is 12.4 Å². The number of methoxy groups -OCH3 is 1. The van der Waals surface area contributed by atoms with Crippen molar-refractivity contribution in [1.82, 2.24) is 19.9 Å². The highest BCUT2D eigenvalue weighted by Gasteiger charge is 2.25. The van der Waals surface area contributed by atoms with E-state index in [2.05, 4.69) is 30.6 Å². The first-order chi connectivity index (χ1) is 18.0. The van der Waals surface area contributed by atoms with Crippen LogP contribution in [0.1, 0.15) is 5.56 Å². The molecule has 2 aromatic heterocycles. The first kappa shape index (κ1) is 25.4. The number of aromatic nitrogens is 4. The lowest BCUT2D eigenvalue weighted by atomic mass is 10.2. The van der Waals surface area contributed by atoms with Crippen LogP contribution in [0.5, 0.6) is 23.1 Å². The van der Waals surface area contributed by atoms with E-state index in [-0.39, 0.29) is 47.2 Å². The molecule has 0 fully saturated rings. The van der Waals surface area contributed by atoms with Crippen LogP contribution >= 0.6 is 0 Å². The molecule has 0 aliphatic heterocycles. The summed E-state index contributed by atoms with van der Waals surface area (Å²) in [5.74, 6) is 2.66. The number of benzene rings is 2. The van der Waals surface area contributed by atoms with Crippen molar-refractivity contribution in [3.05, 3.63) is 78.6 Å². The van der Waals surface area contributed by atoms with Crippen LogP contribution in [0.4, 0.5) is 5.82 Å². The zero-order chi connectivity index (χ0) is 26.1. The number of hydrogen-bond donors (Lipinski definition) is 1. The number of sulfonamides is 1. The van der Waals surface area contributed by atoms with Crippen molar-refractivity contribution in [2.75, 3.05) is 24.2 Å². The van der Waals surface area contributed by atoms with Gasteiger partial charge < -0.3 is 14.2 Å². The Hall–Kier alpha value is -4.69. The number of para-hydroxylation sites is 2. The van der Waals surface area contributed by atoms with E-state index in [0.29, 0.717) is 12.2 Å². The summed E-state index contributed by atoms with van der Waals surface area (Å²) in [6, 6.07) is 17.7. The maximum atomic E-state index is 13.1. The molecule has 0 saturated carbocycles. The Morgan fingerprint density at radius 1 is 0.919 bits per heavy atom. The Morgan fingerprint density at radius 3 is 2.32 bits per heavy atom. The van der Waals surface area contributed by atoms with Gasteiger partial charge in [0.1, 0.15) is 0 Å². The Morgan fingerprint density at radius 2 is 1.62 bits per heavy atom. The molecule has 188 valence electrons. The fraction of sp³-hybridized carbons (Fsp3) is 0.154. The molecule has 4 rings (SSSR count). The molecule has 0 bridgehead atoms. The highest BCUT2D eigenvalue weighted by atomic mass is 32.2. The fourth-order valence-corrected chi connectivity index (χ4v) is 4.26. The van der Waals surface area contributed by atoms with Gasteiger partial charge in [0.05, 0.1) is 12.9 Å². The summed E-state index contributed by atoms with van der Waals surface area (Å²) in [5, 5.41) is 0. The lowest BCUT2D eigenvalue weighted by molar-refractivity contribution is 0.325. The molecule has 4 aromatic rings. The number of aryl methyl sites for hydroxylation is 1.